The van der Waals surface area contributed by atoms with Crippen molar-refractivity contribution in [2.75, 3.05) is 19.6 Å². The van der Waals surface area contributed by atoms with E-state index in [1.54, 1.807) is 6.92 Å². The van der Waals surface area contributed by atoms with Crippen molar-refractivity contribution in [2.45, 2.75) is 26.7 Å². The van der Waals surface area contributed by atoms with Crippen molar-refractivity contribution in [3.8, 4) is 0 Å². The number of carbonyl (C=O) groups is 1. The molecule has 1 N–H and O–H groups in total. The zero-order valence-electron chi connectivity index (χ0n) is 8.49. The first-order valence-electron chi connectivity index (χ1n) is 5.04. The maximum Gasteiger partial charge on any atom is 0.306 e. The van der Waals surface area contributed by atoms with E-state index in [1.807, 2.05) is 0 Å². The summed E-state index contributed by atoms with van der Waals surface area (Å²) >= 11 is 0. The topological polar surface area (TPSA) is 40.5 Å². The summed E-state index contributed by atoms with van der Waals surface area (Å²) in [6.45, 7) is 7.49. The molecule has 0 aromatic rings. The van der Waals surface area contributed by atoms with E-state index in [1.165, 1.54) is 13.1 Å². The van der Waals surface area contributed by atoms with E-state index in [0.29, 0.717) is 0 Å². The van der Waals surface area contributed by atoms with Crippen molar-refractivity contribution in [1.29, 1.82) is 0 Å². The third kappa shape index (κ3) is 3.35. The van der Waals surface area contributed by atoms with Gasteiger partial charge in [0.25, 0.3) is 0 Å². The number of hydrogen-bond donors (Lipinski definition) is 1. The monoisotopic (exact) mass is 185 g/mol. The van der Waals surface area contributed by atoms with Crippen molar-refractivity contribution in [3.63, 3.8) is 0 Å². The zero-order chi connectivity index (χ0) is 9.84. The summed E-state index contributed by atoms with van der Waals surface area (Å²) in [4.78, 5) is 12.9. The number of carboxylic acids is 1. The van der Waals surface area contributed by atoms with Gasteiger partial charge in [0.15, 0.2) is 0 Å². The Hall–Kier alpha value is -0.570. The van der Waals surface area contributed by atoms with E-state index >= 15 is 0 Å². The third-order valence-electron chi connectivity index (χ3n) is 2.67. The van der Waals surface area contributed by atoms with Crippen LogP contribution in [0.25, 0.3) is 0 Å². The molecule has 1 rings (SSSR count). The fourth-order valence-electron chi connectivity index (χ4n) is 1.76. The van der Waals surface area contributed by atoms with Crippen LogP contribution in [-0.2, 0) is 4.79 Å². The second-order valence-corrected chi connectivity index (χ2v) is 4.25. The van der Waals surface area contributed by atoms with Gasteiger partial charge in [0.2, 0.25) is 0 Å². The lowest BCUT2D eigenvalue weighted by Gasteiger charge is -2.37. The first kappa shape index (κ1) is 10.5. The molecule has 76 valence electrons. The van der Waals surface area contributed by atoms with Crippen LogP contribution in [-0.4, -0.2) is 35.6 Å². The fraction of sp³-hybridized carbons (Fsp3) is 0.900. The predicted molar refractivity (Wildman–Crippen MR) is 51.6 cm³/mol. The Morgan fingerprint density at radius 2 is 2.23 bits per heavy atom. The molecule has 1 aliphatic rings. The summed E-state index contributed by atoms with van der Waals surface area (Å²) in [6.07, 6.45) is 1.82. The van der Waals surface area contributed by atoms with E-state index in [0.717, 1.165) is 25.3 Å². The quantitative estimate of drug-likeness (QED) is 0.704. The summed E-state index contributed by atoms with van der Waals surface area (Å²) in [5.74, 6) is -0.00688. The molecule has 1 aliphatic heterocycles. The fourth-order valence-corrected chi connectivity index (χ4v) is 1.76. The molecule has 0 bridgehead atoms. The van der Waals surface area contributed by atoms with Gasteiger partial charge in [0.05, 0.1) is 5.92 Å². The molecule has 13 heavy (non-hydrogen) atoms. The molecular weight excluding hydrogens is 166 g/mol. The lowest BCUT2D eigenvalue weighted by atomic mass is 10.0. The second kappa shape index (κ2) is 4.61. The van der Waals surface area contributed by atoms with Crippen molar-refractivity contribution >= 4 is 5.97 Å². The highest BCUT2D eigenvalue weighted by molar-refractivity contribution is 5.69. The largest absolute Gasteiger partial charge is 0.481 e. The van der Waals surface area contributed by atoms with E-state index < -0.39 is 5.97 Å². The van der Waals surface area contributed by atoms with Gasteiger partial charge in [-0.05, 0) is 25.3 Å². The standard InChI is InChI=1S/C10H19NO2/c1-8-6-11(7-8)5-3-4-9(2)10(12)13/h8-9H,3-7H2,1-2H3,(H,12,13). The maximum absolute atomic E-state index is 10.5. The van der Waals surface area contributed by atoms with E-state index in [2.05, 4.69) is 11.8 Å². The molecular formula is C10H19NO2. The van der Waals surface area contributed by atoms with Crippen LogP contribution in [0.1, 0.15) is 26.7 Å². The van der Waals surface area contributed by atoms with Gasteiger partial charge >= 0.3 is 5.97 Å². The highest BCUT2D eigenvalue weighted by atomic mass is 16.4. The van der Waals surface area contributed by atoms with Gasteiger partial charge in [-0.3, -0.25) is 4.79 Å². The summed E-state index contributed by atoms with van der Waals surface area (Å²) in [5, 5.41) is 8.65. The molecule has 0 aliphatic carbocycles. The van der Waals surface area contributed by atoms with Crippen LogP contribution in [0.4, 0.5) is 0 Å². The molecule has 3 heteroatoms. The number of carboxylic acid groups (broad SMARTS) is 1. The van der Waals surface area contributed by atoms with Crippen LogP contribution >= 0.6 is 0 Å². The molecule has 1 unspecified atom stereocenters. The number of nitrogens with zero attached hydrogens (tertiary/aromatic N) is 1. The van der Waals surface area contributed by atoms with E-state index in [9.17, 15) is 4.79 Å². The van der Waals surface area contributed by atoms with Crippen LogP contribution in [0.3, 0.4) is 0 Å². The molecule has 1 heterocycles. The summed E-state index contributed by atoms with van der Waals surface area (Å²) in [6, 6.07) is 0. The zero-order valence-corrected chi connectivity index (χ0v) is 8.49. The predicted octanol–water partition coefficient (Wildman–Crippen LogP) is 1.44. The van der Waals surface area contributed by atoms with Gasteiger partial charge in [-0.2, -0.15) is 0 Å². The Bertz CT molecular complexity index is 176. The smallest absolute Gasteiger partial charge is 0.306 e. The van der Waals surface area contributed by atoms with Crippen LogP contribution in [0.15, 0.2) is 0 Å². The molecule has 3 nitrogen and oxygen atoms in total. The van der Waals surface area contributed by atoms with Gasteiger partial charge < -0.3 is 10.0 Å². The molecule has 0 saturated carbocycles. The Morgan fingerprint density at radius 3 is 2.69 bits per heavy atom. The van der Waals surface area contributed by atoms with E-state index in [4.69, 9.17) is 5.11 Å². The van der Waals surface area contributed by atoms with Crippen LogP contribution in [0.5, 0.6) is 0 Å². The minimum absolute atomic E-state index is 0.182. The molecule has 0 aromatic carbocycles. The average molecular weight is 185 g/mol. The summed E-state index contributed by atoms with van der Waals surface area (Å²) in [5.41, 5.74) is 0. The van der Waals surface area contributed by atoms with E-state index in [-0.39, 0.29) is 5.92 Å². The SMILES string of the molecule is CC1CN(CCCC(C)C(=O)O)C1. The Balaban J connectivity index is 1.98. The number of likely N-dealkylation sites (tertiary alicyclic amines) is 1. The Labute approximate surface area is 79.7 Å². The summed E-state index contributed by atoms with van der Waals surface area (Å²) in [7, 11) is 0. The van der Waals surface area contributed by atoms with Crippen LogP contribution in [0, 0.1) is 11.8 Å². The van der Waals surface area contributed by atoms with Crippen molar-refractivity contribution in [1.82, 2.24) is 4.90 Å². The molecule has 0 amide bonds. The van der Waals surface area contributed by atoms with Gasteiger partial charge in [0, 0.05) is 13.1 Å². The van der Waals surface area contributed by atoms with Gasteiger partial charge in [-0.1, -0.05) is 13.8 Å². The van der Waals surface area contributed by atoms with Gasteiger partial charge in [-0.15, -0.1) is 0 Å². The van der Waals surface area contributed by atoms with Gasteiger partial charge in [-0.25, -0.2) is 0 Å². The molecule has 0 aromatic heterocycles. The molecule has 1 fully saturated rings. The first-order valence-corrected chi connectivity index (χ1v) is 5.04. The molecule has 1 saturated heterocycles. The average Bonchev–Trinajstić information content (AvgIpc) is 2.00. The Kier molecular flexibility index (Phi) is 3.72. The van der Waals surface area contributed by atoms with Gasteiger partial charge in [0.1, 0.15) is 0 Å². The highest BCUT2D eigenvalue weighted by Gasteiger charge is 2.21. The van der Waals surface area contributed by atoms with Crippen LogP contribution < -0.4 is 0 Å². The Morgan fingerprint density at radius 1 is 1.62 bits per heavy atom. The minimum atomic E-state index is -0.669. The normalized spacial score (nSPS) is 21.1. The first-order chi connectivity index (χ1) is 6.09. The number of rotatable bonds is 5. The maximum atomic E-state index is 10.5. The molecule has 1 atom stereocenters. The lowest BCUT2D eigenvalue weighted by molar-refractivity contribution is -0.141. The lowest BCUT2D eigenvalue weighted by Crippen LogP contribution is -2.45. The number of hydrogen-bond acceptors (Lipinski definition) is 2. The third-order valence-corrected chi connectivity index (χ3v) is 2.67. The minimum Gasteiger partial charge on any atom is -0.481 e. The van der Waals surface area contributed by atoms with Crippen molar-refractivity contribution in [2.24, 2.45) is 11.8 Å². The second-order valence-electron chi connectivity index (χ2n) is 4.25. The highest BCUT2D eigenvalue weighted by Crippen LogP contribution is 2.15. The van der Waals surface area contributed by atoms with Crippen molar-refractivity contribution < 1.29 is 9.90 Å². The molecule has 0 spiro atoms. The number of aliphatic carboxylic acids is 1. The molecule has 0 radical (unpaired) electrons. The summed E-state index contributed by atoms with van der Waals surface area (Å²) < 4.78 is 0. The van der Waals surface area contributed by atoms with Crippen molar-refractivity contribution in [3.05, 3.63) is 0 Å². The van der Waals surface area contributed by atoms with Crippen LogP contribution in [0.2, 0.25) is 0 Å².